The van der Waals surface area contributed by atoms with Crippen molar-refractivity contribution in [2.24, 2.45) is 11.8 Å². The fourth-order valence-electron chi connectivity index (χ4n) is 3.79. The predicted molar refractivity (Wildman–Crippen MR) is 84.7 cm³/mol. The molecule has 1 saturated carbocycles. The highest BCUT2D eigenvalue weighted by molar-refractivity contribution is 5.85. The molecule has 1 aromatic carbocycles. The molecule has 0 aliphatic heterocycles. The first-order chi connectivity index (χ1) is 9.81. The van der Waals surface area contributed by atoms with Crippen LogP contribution >= 0.6 is 0 Å². The molecule has 0 bridgehead atoms. The summed E-state index contributed by atoms with van der Waals surface area (Å²) in [7, 11) is 0. The Balaban J connectivity index is 2.05. The minimum Gasteiger partial charge on any atom is -0.310 e. The largest absolute Gasteiger partial charge is 0.310 e. The third-order valence-electron chi connectivity index (χ3n) is 4.83. The summed E-state index contributed by atoms with van der Waals surface area (Å²) in [6, 6.07) is 9.22. The smallest absolute Gasteiger partial charge is 0.0357 e. The van der Waals surface area contributed by atoms with Crippen LogP contribution in [-0.2, 0) is 0 Å². The fourth-order valence-corrected chi connectivity index (χ4v) is 3.79. The van der Waals surface area contributed by atoms with Gasteiger partial charge in [-0.05, 0) is 41.8 Å². The zero-order valence-electron chi connectivity index (χ0n) is 12.5. The molecule has 1 heterocycles. The molecule has 3 atom stereocenters. The summed E-state index contributed by atoms with van der Waals surface area (Å²) in [6.45, 7) is 5.63. The first-order valence-electron chi connectivity index (χ1n) is 7.87. The predicted octanol–water partition coefficient (Wildman–Crippen LogP) is 4.32. The molecule has 1 N–H and O–H groups in total. The number of hydrogen-bond acceptors (Lipinski definition) is 2. The summed E-state index contributed by atoms with van der Waals surface area (Å²) in [5, 5.41) is 6.34. The van der Waals surface area contributed by atoms with Gasteiger partial charge in [-0.25, -0.2) is 0 Å². The maximum atomic E-state index is 4.33. The van der Waals surface area contributed by atoms with E-state index in [2.05, 4.69) is 48.4 Å². The molecule has 1 aliphatic carbocycles. The van der Waals surface area contributed by atoms with Gasteiger partial charge < -0.3 is 5.32 Å². The molecule has 3 unspecified atom stereocenters. The third-order valence-corrected chi connectivity index (χ3v) is 4.83. The van der Waals surface area contributed by atoms with Crippen molar-refractivity contribution in [3.05, 3.63) is 42.2 Å². The van der Waals surface area contributed by atoms with Crippen LogP contribution in [0.25, 0.3) is 10.8 Å². The van der Waals surface area contributed by atoms with E-state index in [0.717, 1.165) is 18.4 Å². The Bertz CT molecular complexity index is 573. The Morgan fingerprint density at radius 1 is 1.30 bits per heavy atom. The second-order valence-corrected chi connectivity index (χ2v) is 6.05. The molecule has 2 heteroatoms. The van der Waals surface area contributed by atoms with E-state index in [4.69, 9.17) is 0 Å². The van der Waals surface area contributed by atoms with Crippen molar-refractivity contribution in [1.82, 2.24) is 10.3 Å². The first-order valence-corrected chi connectivity index (χ1v) is 7.87. The first kappa shape index (κ1) is 13.6. The summed E-state index contributed by atoms with van der Waals surface area (Å²) in [4.78, 5) is 4.33. The van der Waals surface area contributed by atoms with E-state index in [-0.39, 0.29) is 0 Å². The lowest BCUT2D eigenvalue weighted by molar-refractivity contribution is 0.307. The summed E-state index contributed by atoms with van der Waals surface area (Å²) < 4.78 is 0. The van der Waals surface area contributed by atoms with Gasteiger partial charge in [-0.1, -0.05) is 44.9 Å². The highest BCUT2D eigenvalue weighted by atomic mass is 14.9. The van der Waals surface area contributed by atoms with Gasteiger partial charge in [0.2, 0.25) is 0 Å². The Morgan fingerprint density at radius 2 is 2.20 bits per heavy atom. The number of hydrogen-bond donors (Lipinski definition) is 1. The summed E-state index contributed by atoms with van der Waals surface area (Å²) in [5.41, 5.74) is 1.43. The van der Waals surface area contributed by atoms with Crippen molar-refractivity contribution in [3.63, 3.8) is 0 Å². The molecule has 0 radical (unpaired) electrons. The van der Waals surface area contributed by atoms with E-state index in [1.807, 2.05) is 12.4 Å². The van der Waals surface area contributed by atoms with Crippen LogP contribution in [0.4, 0.5) is 0 Å². The van der Waals surface area contributed by atoms with E-state index < -0.39 is 0 Å². The van der Waals surface area contributed by atoms with Gasteiger partial charge in [0.05, 0.1) is 0 Å². The van der Waals surface area contributed by atoms with Crippen LogP contribution in [0.1, 0.15) is 44.7 Å². The zero-order chi connectivity index (χ0) is 13.9. The highest BCUT2D eigenvalue weighted by Crippen LogP contribution is 2.41. The van der Waals surface area contributed by atoms with Crippen molar-refractivity contribution in [1.29, 1.82) is 0 Å². The van der Waals surface area contributed by atoms with Crippen molar-refractivity contribution >= 4 is 10.8 Å². The molecule has 2 aromatic rings. The van der Waals surface area contributed by atoms with Crippen LogP contribution in [0.5, 0.6) is 0 Å². The van der Waals surface area contributed by atoms with E-state index in [0.29, 0.717) is 6.04 Å². The second kappa shape index (κ2) is 5.92. The number of pyridine rings is 1. The number of aromatic nitrogens is 1. The minimum atomic E-state index is 0.463. The van der Waals surface area contributed by atoms with Crippen molar-refractivity contribution in [2.75, 3.05) is 6.54 Å². The summed E-state index contributed by atoms with van der Waals surface area (Å²) in [5.74, 6) is 1.56. The molecule has 2 nitrogen and oxygen atoms in total. The van der Waals surface area contributed by atoms with E-state index in [9.17, 15) is 0 Å². The average Bonchev–Trinajstić information content (AvgIpc) is 2.90. The van der Waals surface area contributed by atoms with Gasteiger partial charge in [-0.2, -0.15) is 0 Å². The Labute approximate surface area is 121 Å². The molecule has 0 amide bonds. The fraction of sp³-hybridized carbons (Fsp3) is 0.500. The molecule has 1 aliphatic rings. The summed E-state index contributed by atoms with van der Waals surface area (Å²) >= 11 is 0. The maximum Gasteiger partial charge on any atom is 0.0357 e. The van der Waals surface area contributed by atoms with Crippen LogP contribution in [0.15, 0.2) is 36.7 Å². The molecule has 106 valence electrons. The van der Waals surface area contributed by atoms with E-state index >= 15 is 0 Å². The molecule has 1 aromatic heterocycles. The van der Waals surface area contributed by atoms with Crippen LogP contribution in [0, 0.1) is 11.8 Å². The van der Waals surface area contributed by atoms with Gasteiger partial charge >= 0.3 is 0 Å². The monoisotopic (exact) mass is 268 g/mol. The maximum absolute atomic E-state index is 4.33. The SMILES string of the molecule is CCNC(c1cccc2ccncc12)C1CCCC1C. The van der Waals surface area contributed by atoms with Crippen molar-refractivity contribution in [2.45, 2.75) is 39.2 Å². The quantitative estimate of drug-likeness (QED) is 0.893. The zero-order valence-corrected chi connectivity index (χ0v) is 12.5. The number of rotatable bonds is 4. The molecule has 3 rings (SSSR count). The van der Waals surface area contributed by atoms with Gasteiger partial charge in [-0.3, -0.25) is 4.98 Å². The molecule has 0 spiro atoms. The Morgan fingerprint density at radius 3 is 2.95 bits per heavy atom. The van der Waals surface area contributed by atoms with Crippen LogP contribution in [-0.4, -0.2) is 11.5 Å². The van der Waals surface area contributed by atoms with Crippen molar-refractivity contribution in [3.8, 4) is 0 Å². The number of nitrogens with zero attached hydrogens (tertiary/aromatic N) is 1. The number of fused-ring (bicyclic) bond motifs is 1. The topological polar surface area (TPSA) is 24.9 Å². The normalized spacial score (nSPS) is 24.1. The average molecular weight is 268 g/mol. The Hall–Kier alpha value is -1.41. The molecule has 20 heavy (non-hydrogen) atoms. The lowest BCUT2D eigenvalue weighted by atomic mass is 9.84. The molecule has 0 saturated heterocycles. The minimum absolute atomic E-state index is 0.463. The van der Waals surface area contributed by atoms with Crippen LogP contribution in [0.2, 0.25) is 0 Å². The van der Waals surface area contributed by atoms with E-state index in [1.54, 1.807) is 0 Å². The van der Waals surface area contributed by atoms with Crippen LogP contribution < -0.4 is 5.32 Å². The third kappa shape index (κ3) is 2.45. The van der Waals surface area contributed by atoms with Gasteiger partial charge in [0.1, 0.15) is 0 Å². The van der Waals surface area contributed by atoms with Crippen LogP contribution in [0.3, 0.4) is 0 Å². The molecule has 1 fully saturated rings. The molecular formula is C18H24N2. The van der Waals surface area contributed by atoms with Crippen molar-refractivity contribution < 1.29 is 0 Å². The number of nitrogens with one attached hydrogen (secondary N) is 1. The lowest BCUT2D eigenvalue weighted by Gasteiger charge is -2.29. The van der Waals surface area contributed by atoms with E-state index in [1.165, 1.54) is 35.6 Å². The number of benzene rings is 1. The highest BCUT2D eigenvalue weighted by Gasteiger charge is 2.32. The summed E-state index contributed by atoms with van der Waals surface area (Å²) in [6.07, 6.45) is 7.99. The Kier molecular flexibility index (Phi) is 4.02. The standard InChI is InChI=1S/C18H24N2/c1-3-20-18(15-8-4-6-13(15)2)16-9-5-7-14-10-11-19-12-17(14)16/h5,7,9-13,15,18,20H,3-4,6,8H2,1-2H3. The second-order valence-electron chi connectivity index (χ2n) is 6.05. The van der Waals surface area contributed by atoms with Gasteiger partial charge in [-0.15, -0.1) is 0 Å². The molecular weight excluding hydrogens is 244 g/mol. The van der Waals surface area contributed by atoms with Gasteiger partial charge in [0, 0.05) is 23.8 Å². The lowest BCUT2D eigenvalue weighted by Crippen LogP contribution is -2.29. The van der Waals surface area contributed by atoms with Gasteiger partial charge in [0.25, 0.3) is 0 Å². The van der Waals surface area contributed by atoms with Gasteiger partial charge in [0.15, 0.2) is 0 Å².